The summed E-state index contributed by atoms with van der Waals surface area (Å²) in [6.45, 7) is 4.49. The van der Waals surface area contributed by atoms with Crippen LogP contribution < -0.4 is 37.6 Å². The molecule has 21 nitrogen and oxygen atoms in total. The van der Waals surface area contributed by atoms with Crippen molar-refractivity contribution in [2.75, 3.05) is 12.3 Å². The van der Waals surface area contributed by atoms with Gasteiger partial charge < -0.3 is 57.8 Å². The van der Waals surface area contributed by atoms with Gasteiger partial charge in [0, 0.05) is 48.8 Å². The van der Waals surface area contributed by atoms with Gasteiger partial charge in [-0.25, -0.2) is 14.8 Å². The minimum absolute atomic E-state index is 0.108. The van der Waals surface area contributed by atoms with Crippen LogP contribution in [0.5, 0.6) is 0 Å². The zero-order valence-corrected chi connectivity index (χ0v) is 30.3. The van der Waals surface area contributed by atoms with E-state index in [9.17, 15) is 48.6 Å². The molecule has 0 saturated carbocycles. The Hall–Kier alpha value is -5.51. The van der Waals surface area contributed by atoms with E-state index < -0.39 is 103 Å². The van der Waals surface area contributed by atoms with Crippen molar-refractivity contribution in [2.24, 2.45) is 11.7 Å². The van der Waals surface area contributed by atoms with Gasteiger partial charge in [-0.05, 0) is 25.7 Å². The van der Waals surface area contributed by atoms with Gasteiger partial charge in [0.25, 0.3) is 0 Å². The Morgan fingerprint density at radius 1 is 0.736 bits per heavy atom. The zero-order valence-electron chi connectivity index (χ0n) is 29.4. The summed E-state index contributed by atoms with van der Waals surface area (Å²) in [7, 11) is 0. The average Bonchev–Trinajstić information content (AvgIpc) is 3.81. The van der Waals surface area contributed by atoms with Crippen LogP contribution in [0.15, 0.2) is 25.0 Å². The highest BCUT2D eigenvalue weighted by atomic mass is 32.1. The second-order valence-corrected chi connectivity index (χ2v) is 12.9. The first-order valence-corrected chi connectivity index (χ1v) is 17.2. The Kier molecular flexibility index (Phi) is 17.9. The maximum Gasteiger partial charge on any atom is 0.326 e. The quantitative estimate of drug-likeness (QED) is 0.0495. The number of H-pyrrole nitrogens is 2. The third kappa shape index (κ3) is 15.7. The molecule has 0 unspecified atom stereocenters. The number of nitrogens with two attached hydrogens (primary N) is 1. The number of carboxylic acids is 2. The Morgan fingerprint density at radius 2 is 1.28 bits per heavy atom. The van der Waals surface area contributed by atoms with Gasteiger partial charge >= 0.3 is 11.9 Å². The van der Waals surface area contributed by atoms with E-state index in [0.717, 1.165) is 0 Å². The molecule has 0 fully saturated rings. The van der Waals surface area contributed by atoms with Crippen molar-refractivity contribution in [3.63, 3.8) is 0 Å². The number of hydrogen-bond donors (Lipinski definition) is 12. The Morgan fingerprint density at radius 3 is 1.79 bits per heavy atom. The molecule has 53 heavy (non-hydrogen) atoms. The Balaban J connectivity index is 2.11. The number of amides is 6. The third-order valence-electron chi connectivity index (χ3n) is 7.56. The van der Waals surface area contributed by atoms with Gasteiger partial charge in [0.15, 0.2) is 0 Å². The molecular weight excluding hydrogens is 718 g/mol. The largest absolute Gasteiger partial charge is 0.481 e. The molecule has 0 aliphatic carbocycles. The van der Waals surface area contributed by atoms with Crippen LogP contribution in [0.25, 0.3) is 0 Å². The highest BCUT2D eigenvalue weighted by molar-refractivity contribution is 7.80. The second-order valence-electron chi connectivity index (χ2n) is 12.5. The summed E-state index contributed by atoms with van der Waals surface area (Å²) < 4.78 is 0. The number of carboxylic acid groups (broad SMARTS) is 2. The van der Waals surface area contributed by atoms with E-state index in [0.29, 0.717) is 17.8 Å². The van der Waals surface area contributed by atoms with Crippen molar-refractivity contribution in [3.05, 3.63) is 36.4 Å². The van der Waals surface area contributed by atoms with Crippen LogP contribution >= 0.6 is 12.6 Å². The highest BCUT2D eigenvalue weighted by Gasteiger charge is 2.32. The highest BCUT2D eigenvalue weighted by Crippen LogP contribution is 2.06. The van der Waals surface area contributed by atoms with E-state index in [1.54, 1.807) is 0 Å². The van der Waals surface area contributed by atoms with Gasteiger partial charge in [-0.2, -0.15) is 12.6 Å². The van der Waals surface area contributed by atoms with Gasteiger partial charge in [0.2, 0.25) is 35.4 Å². The monoisotopic (exact) mass is 765 g/mol. The molecule has 6 amide bonds. The van der Waals surface area contributed by atoms with Crippen LogP contribution in [-0.2, 0) is 51.2 Å². The topological polar surface area (TPSA) is 333 Å². The van der Waals surface area contributed by atoms with Gasteiger partial charge in [0.05, 0.1) is 25.2 Å². The lowest BCUT2D eigenvalue weighted by Gasteiger charge is -2.25. The maximum absolute atomic E-state index is 13.6. The minimum Gasteiger partial charge on any atom is -0.481 e. The summed E-state index contributed by atoms with van der Waals surface area (Å²) in [4.78, 5) is 114. The lowest BCUT2D eigenvalue weighted by atomic mass is 10.0. The molecule has 292 valence electrons. The van der Waals surface area contributed by atoms with Crippen molar-refractivity contribution >= 4 is 60.0 Å². The second kappa shape index (κ2) is 21.8. The minimum atomic E-state index is -1.52. The third-order valence-corrected chi connectivity index (χ3v) is 7.92. The molecule has 0 bridgehead atoms. The number of carbonyl (C=O) groups excluding carboxylic acids is 6. The number of imidazole rings is 2. The molecule has 6 atom stereocenters. The molecule has 0 radical (unpaired) electrons. The van der Waals surface area contributed by atoms with Gasteiger partial charge in [-0.3, -0.25) is 33.6 Å². The smallest absolute Gasteiger partial charge is 0.326 e. The van der Waals surface area contributed by atoms with E-state index in [2.05, 4.69) is 64.5 Å². The predicted molar refractivity (Wildman–Crippen MR) is 189 cm³/mol. The summed E-state index contributed by atoms with van der Waals surface area (Å²) in [6.07, 6.45) is 4.59. The Labute approximate surface area is 309 Å². The summed E-state index contributed by atoms with van der Waals surface area (Å²) in [5.41, 5.74) is 6.77. The molecule has 2 aromatic rings. The summed E-state index contributed by atoms with van der Waals surface area (Å²) in [5.74, 6) is -7.73. The molecule has 2 rings (SSSR count). The first kappa shape index (κ1) is 43.7. The fourth-order valence-corrected chi connectivity index (χ4v) is 5.01. The van der Waals surface area contributed by atoms with Crippen molar-refractivity contribution < 1.29 is 48.6 Å². The fourth-order valence-electron chi connectivity index (χ4n) is 4.75. The molecule has 0 spiro atoms. The molecule has 2 aromatic heterocycles. The average molecular weight is 766 g/mol. The number of nitrogens with zero attached hydrogens (tertiary/aromatic N) is 2. The number of rotatable bonds is 23. The Bertz CT molecular complexity index is 1560. The molecule has 12 N–H and O–H groups in total. The van der Waals surface area contributed by atoms with Gasteiger partial charge in [-0.15, -0.1) is 0 Å². The predicted octanol–water partition coefficient (Wildman–Crippen LogP) is -3.27. The number of aliphatic carboxylic acids is 2. The molecule has 0 saturated heterocycles. The van der Waals surface area contributed by atoms with E-state index >= 15 is 0 Å². The molecule has 22 heteroatoms. The van der Waals surface area contributed by atoms with E-state index in [1.807, 2.05) is 13.8 Å². The van der Waals surface area contributed by atoms with Crippen molar-refractivity contribution in [2.45, 2.75) is 89.1 Å². The number of thiol groups is 1. The molecule has 0 aliphatic rings. The lowest BCUT2D eigenvalue weighted by molar-refractivity contribution is -0.142. The summed E-state index contributed by atoms with van der Waals surface area (Å²) in [6, 6.07) is -7.58. The number of nitrogens with one attached hydrogen (secondary N) is 8. The summed E-state index contributed by atoms with van der Waals surface area (Å²) in [5, 5.41) is 33.1. The van der Waals surface area contributed by atoms with Crippen LogP contribution in [0.3, 0.4) is 0 Å². The normalized spacial score (nSPS) is 14.4. The van der Waals surface area contributed by atoms with Crippen molar-refractivity contribution in [3.8, 4) is 0 Å². The lowest BCUT2D eigenvalue weighted by Crippen LogP contribution is -2.59. The fraction of sp³-hybridized carbons (Fsp3) is 0.548. The first-order chi connectivity index (χ1) is 25.0. The molecular formula is C31H47N11O10S. The van der Waals surface area contributed by atoms with Gasteiger partial charge in [-0.1, -0.05) is 13.8 Å². The van der Waals surface area contributed by atoms with Crippen LogP contribution in [0.2, 0.25) is 0 Å². The van der Waals surface area contributed by atoms with Crippen LogP contribution in [0, 0.1) is 5.92 Å². The number of carbonyl (C=O) groups is 8. The van der Waals surface area contributed by atoms with E-state index in [4.69, 9.17) is 5.73 Å². The van der Waals surface area contributed by atoms with Crippen LogP contribution in [0.1, 0.15) is 51.4 Å². The number of aromatic amines is 2. The first-order valence-electron chi connectivity index (χ1n) is 16.5. The molecule has 0 aliphatic heterocycles. The van der Waals surface area contributed by atoms with E-state index in [-0.39, 0.29) is 24.5 Å². The maximum atomic E-state index is 13.6. The molecule has 0 aromatic carbocycles. The van der Waals surface area contributed by atoms with Crippen molar-refractivity contribution in [1.82, 2.24) is 51.8 Å². The van der Waals surface area contributed by atoms with Crippen LogP contribution in [-0.4, -0.2) is 126 Å². The number of aromatic nitrogens is 4. The summed E-state index contributed by atoms with van der Waals surface area (Å²) >= 11 is 4.08. The van der Waals surface area contributed by atoms with Crippen molar-refractivity contribution in [1.29, 1.82) is 0 Å². The standard InChI is InChI=1S/C31H47N11O10S/c1-15(2)6-19(32)27(47)38-16(3)26(46)41-21(7-17-9-33-13-36-17)30(50)40-20(4-5-25(44)45)29(49)42-23(12-53)28(48)35-11-24(43)39-22(31(51)52)8-18-10-34-14-37-18/h9-10,13-16,19-23,53H,4-8,11-12,32H2,1-3H3,(H,33,36)(H,34,37)(H,35,48)(H,38,47)(H,39,43)(H,40,50)(H,41,46)(H,42,49)(H,44,45)(H,51,52)/t16-,19-,20-,21-,22-,23-/m0/s1. The molecule has 2 heterocycles. The SMILES string of the molecule is CC(C)C[C@H](N)C(=O)N[C@@H](C)C(=O)N[C@@H](Cc1cnc[nH]1)C(=O)N[C@@H](CCC(=O)O)C(=O)N[C@@H](CS)C(=O)NCC(=O)N[C@@H](Cc1cnc[nH]1)C(=O)O. The van der Waals surface area contributed by atoms with Gasteiger partial charge in [0.1, 0.15) is 30.2 Å². The van der Waals surface area contributed by atoms with Crippen LogP contribution in [0.4, 0.5) is 0 Å². The van der Waals surface area contributed by atoms with E-state index in [1.165, 1.54) is 32.0 Å². The zero-order chi connectivity index (χ0) is 39.7. The number of hydrogen-bond acceptors (Lipinski definition) is 12.